The van der Waals surface area contributed by atoms with Gasteiger partial charge in [0, 0.05) is 32.0 Å². The van der Waals surface area contributed by atoms with Gasteiger partial charge in [0.25, 0.3) is 0 Å². The van der Waals surface area contributed by atoms with Crippen LogP contribution in [0.25, 0.3) is 5.65 Å². The number of carbonyl (C=O) groups is 2. The molecule has 0 radical (unpaired) electrons. The molecule has 1 amide bonds. The van der Waals surface area contributed by atoms with E-state index in [-0.39, 0.29) is 12.5 Å². The molecule has 2 aromatic rings. The molecule has 2 saturated heterocycles. The maximum absolute atomic E-state index is 12.6. The van der Waals surface area contributed by atoms with Crippen molar-refractivity contribution in [2.24, 2.45) is 11.3 Å². The van der Waals surface area contributed by atoms with Gasteiger partial charge < -0.3 is 19.7 Å². The van der Waals surface area contributed by atoms with E-state index in [9.17, 15) is 14.7 Å². The summed E-state index contributed by atoms with van der Waals surface area (Å²) in [5.41, 5.74) is 1.74. The number of nitrogens with zero attached hydrogens (tertiary/aromatic N) is 3. The van der Waals surface area contributed by atoms with Crippen LogP contribution in [-0.2, 0) is 16.1 Å². The second kappa shape index (κ2) is 4.79. The molecule has 0 bridgehead atoms. The number of nitrogens with one attached hydrogen (secondary N) is 1. The van der Waals surface area contributed by atoms with E-state index in [1.807, 2.05) is 35.9 Å². The fourth-order valence-corrected chi connectivity index (χ4v) is 3.72. The van der Waals surface area contributed by atoms with E-state index >= 15 is 0 Å². The first-order valence-corrected chi connectivity index (χ1v) is 7.67. The van der Waals surface area contributed by atoms with Gasteiger partial charge in [-0.25, -0.2) is 4.98 Å². The predicted molar refractivity (Wildman–Crippen MR) is 81.8 cm³/mol. The number of carboxylic acid groups (broad SMARTS) is 1. The van der Waals surface area contributed by atoms with Gasteiger partial charge in [-0.15, -0.1) is 0 Å². The highest BCUT2D eigenvalue weighted by Gasteiger charge is 2.59. The summed E-state index contributed by atoms with van der Waals surface area (Å²) in [6.45, 7) is 3.38. The van der Waals surface area contributed by atoms with Crippen LogP contribution in [0.2, 0.25) is 0 Å². The van der Waals surface area contributed by atoms with Crippen LogP contribution in [0.5, 0.6) is 0 Å². The number of aromatic nitrogens is 2. The minimum atomic E-state index is -0.993. The Morgan fingerprint density at radius 3 is 3.13 bits per heavy atom. The van der Waals surface area contributed by atoms with Gasteiger partial charge in [-0.05, 0) is 24.6 Å². The van der Waals surface area contributed by atoms with E-state index < -0.39 is 17.3 Å². The van der Waals surface area contributed by atoms with Crippen molar-refractivity contribution in [2.45, 2.75) is 13.5 Å². The summed E-state index contributed by atoms with van der Waals surface area (Å²) in [6, 6.07) is 3.97. The van der Waals surface area contributed by atoms with E-state index in [2.05, 4.69) is 10.3 Å². The minimum absolute atomic E-state index is 0.0920. The summed E-state index contributed by atoms with van der Waals surface area (Å²) in [4.78, 5) is 30.4. The molecule has 7 nitrogen and oxygen atoms in total. The molecule has 23 heavy (non-hydrogen) atoms. The molecule has 7 heteroatoms. The van der Waals surface area contributed by atoms with Gasteiger partial charge >= 0.3 is 5.97 Å². The first-order chi connectivity index (χ1) is 11.0. The van der Waals surface area contributed by atoms with E-state index in [0.717, 1.165) is 16.9 Å². The Hall–Kier alpha value is -2.41. The first-order valence-electron chi connectivity index (χ1n) is 7.67. The number of imidazole rings is 1. The Morgan fingerprint density at radius 1 is 1.57 bits per heavy atom. The van der Waals surface area contributed by atoms with Crippen molar-refractivity contribution in [3.8, 4) is 0 Å². The molecular weight excluding hydrogens is 296 g/mol. The van der Waals surface area contributed by atoms with Gasteiger partial charge in [0.15, 0.2) is 0 Å². The molecule has 0 spiro atoms. The second-order valence-electron chi connectivity index (χ2n) is 6.54. The van der Waals surface area contributed by atoms with Crippen molar-refractivity contribution < 1.29 is 14.7 Å². The Kier molecular flexibility index (Phi) is 2.96. The number of hydrogen-bond donors (Lipinski definition) is 2. The summed E-state index contributed by atoms with van der Waals surface area (Å²) in [5, 5.41) is 12.6. The highest BCUT2D eigenvalue weighted by Crippen LogP contribution is 2.40. The number of amides is 1. The van der Waals surface area contributed by atoms with Gasteiger partial charge in [0.1, 0.15) is 11.1 Å². The summed E-state index contributed by atoms with van der Waals surface area (Å²) in [6.07, 6.45) is 3.83. The third kappa shape index (κ3) is 2.03. The standard InChI is InChI=1S/C16H18N4O3/c1-10-2-3-19-6-11(18-13(19)4-10)7-20-9-16(15(22)23)8-17-5-12(16)14(20)21/h2-4,6,12,17H,5,7-9H2,1H3,(H,22,23)/t12-,16-/m1/s1. The zero-order valence-corrected chi connectivity index (χ0v) is 12.8. The number of carboxylic acids is 1. The lowest BCUT2D eigenvalue weighted by Gasteiger charge is -2.21. The largest absolute Gasteiger partial charge is 0.481 e. The fraction of sp³-hybridized carbons (Fsp3) is 0.438. The van der Waals surface area contributed by atoms with E-state index in [0.29, 0.717) is 19.6 Å². The zero-order chi connectivity index (χ0) is 16.2. The average Bonchev–Trinajstić information content (AvgIpc) is 3.15. The maximum atomic E-state index is 12.6. The molecule has 0 aliphatic carbocycles. The molecule has 2 aliphatic rings. The molecule has 0 saturated carbocycles. The lowest BCUT2D eigenvalue weighted by Crippen LogP contribution is -2.40. The van der Waals surface area contributed by atoms with Crippen LogP contribution in [0.15, 0.2) is 24.5 Å². The van der Waals surface area contributed by atoms with Crippen molar-refractivity contribution in [1.29, 1.82) is 0 Å². The summed E-state index contributed by atoms with van der Waals surface area (Å²) in [7, 11) is 0. The number of likely N-dealkylation sites (tertiary alicyclic amines) is 1. The van der Waals surface area contributed by atoms with Gasteiger partial charge in [0.05, 0.1) is 18.2 Å². The van der Waals surface area contributed by atoms with Crippen molar-refractivity contribution >= 4 is 17.5 Å². The van der Waals surface area contributed by atoms with Crippen LogP contribution in [0.3, 0.4) is 0 Å². The number of carbonyl (C=O) groups excluding carboxylic acids is 1. The van der Waals surface area contributed by atoms with Crippen molar-refractivity contribution in [3.63, 3.8) is 0 Å². The average molecular weight is 314 g/mol. The number of rotatable bonds is 3. The Balaban J connectivity index is 1.61. The van der Waals surface area contributed by atoms with Crippen LogP contribution < -0.4 is 5.32 Å². The molecule has 0 unspecified atom stereocenters. The lowest BCUT2D eigenvalue weighted by molar-refractivity contribution is -0.149. The summed E-state index contributed by atoms with van der Waals surface area (Å²) >= 11 is 0. The number of aliphatic carboxylic acids is 1. The monoisotopic (exact) mass is 314 g/mol. The molecule has 2 atom stereocenters. The van der Waals surface area contributed by atoms with Crippen molar-refractivity contribution in [2.75, 3.05) is 19.6 Å². The van der Waals surface area contributed by atoms with E-state index in [4.69, 9.17) is 0 Å². The second-order valence-corrected chi connectivity index (χ2v) is 6.54. The highest BCUT2D eigenvalue weighted by atomic mass is 16.4. The van der Waals surface area contributed by atoms with Crippen LogP contribution in [0.1, 0.15) is 11.3 Å². The van der Waals surface area contributed by atoms with E-state index in [1.54, 1.807) is 4.90 Å². The predicted octanol–water partition coefficient (Wildman–Crippen LogP) is 0.275. The number of aryl methyl sites for hydroxylation is 1. The topological polar surface area (TPSA) is 86.9 Å². The zero-order valence-electron chi connectivity index (χ0n) is 12.8. The van der Waals surface area contributed by atoms with E-state index in [1.165, 1.54) is 0 Å². The lowest BCUT2D eigenvalue weighted by atomic mass is 9.81. The minimum Gasteiger partial charge on any atom is -0.481 e. The Morgan fingerprint density at radius 2 is 2.39 bits per heavy atom. The highest BCUT2D eigenvalue weighted by molar-refractivity contribution is 5.92. The van der Waals surface area contributed by atoms with Crippen LogP contribution in [0.4, 0.5) is 0 Å². The summed E-state index contributed by atoms with van der Waals surface area (Å²) < 4.78 is 1.91. The van der Waals surface area contributed by atoms with Crippen LogP contribution in [-0.4, -0.2) is 50.9 Å². The molecule has 2 aromatic heterocycles. The van der Waals surface area contributed by atoms with Crippen molar-refractivity contribution in [3.05, 3.63) is 35.8 Å². The SMILES string of the molecule is Cc1ccn2cc(CN3C[C@]4(C(=O)O)CNC[C@@H]4C3=O)nc2c1. The molecule has 4 heterocycles. The quantitative estimate of drug-likeness (QED) is 0.849. The molecular formula is C16H18N4O3. The normalized spacial score (nSPS) is 26.9. The molecule has 2 aliphatic heterocycles. The Labute approximate surface area is 132 Å². The third-order valence-electron chi connectivity index (χ3n) is 4.98. The molecule has 120 valence electrons. The van der Waals surface area contributed by atoms with Gasteiger partial charge in [-0.2, -0.15) is 0 Å². The number of hydrogen-bond acceptors (Lipinski definition) is 4. The summed E-state index contributed by atoms with van der Waals surface area (Å²) in [5.74, 6) is -1.46. The molecule has 2 fully saturated rings. The fourth-order valence-electron chi connectivity index (χ4n) is 3.72. The molecule has 4 rings (SSSR count). The Bertz CT molecular complexity index is 815. The molecule has 0 aromatic carbocycles. The first kappa shape index (κ1) is 14.2. The van der Waals surface area contributed by atoms with Gasteiger partial charge in [-0.1, -0.05) is 0 Å². The van der Waals surface area contributed by atoms with Crippen molar-refractivity contribution in [1.82, 2.24) is 19.6 Å². The number of pyridine rings is 1. The maximum Gasteiger partial charge on any atom is 0.313 e. The third-order valence-corrected chi connectivity index (χ3v) is 4.98. The van der Waals surface area contributed by atoms with Gasteiger partial charge in [0.2, 0.25) is 5.91 Å². The van der Waals surface area contributed by atoms with Crippen LogP contribution >= 0.6 is 0 Å². The van der Waals surface area contributed by atoms with Gasteiger partial charge in [-0.3, -0.25) is 9.59 Å². The smallest absolute Gasteiger partial charge is 0.313 e. The molecule has 2 N–H and O–H groups in total. The number of fused-ring (bicyclic) bond motifs is 2. The van der Waals surface area contributed by atoms with Crippen LogP contribution in [0, 0.1) is 18.3 Å².